The Hall–Kier alpha value is -2.40. The molecule has 1 aliphatic heterocycles. The van der Waals surface area contributed by atoms with Crippen molar-refractivity contribution >= 4 is 17.7 Å². The Balaban J connectivity index is 1.43. The van der Waals surface area contributed by atoms with E-state index in [-0.39, 0.29) is 0 Å². The summed E-state index contributed by atoms with van der Waals surface area (Å²) in [7, 11) is 0. The number of carboxylic acid groups (broad SMARTS) is 1. The van der Waals surface area contributed by atoms with Crippen molar-refractivity contribution in [3.63, 3.8) is 0 Å². The van der Waals surface area contributed by atoms with Crippen molar-refractivity contribution in [3.05, 3.63) is 83.1 Å². The average Bonchev–Trinajstić information content (AvgIpc) is 3.15. The Labute approximate surface area is 157 Å². The SMILES string of the molecule is O=C(O)C(CCCc1ccccc1)CSC1=COC(c2ccccc2)O1. The molecule has 26 heavy (non-hydrogen) atoms. The summed E-state index contributed by atoms with van der Waals surface area (Å²) in [5.41, 5.74) is 2.18. The first-order valence-electron chi connectivity index (χ1n) is 8.69. The van der Waals surface area contributed by atoms with Crippen LogP contribution in [0.4, 0.5) is 0 Å². The summed E-state index contributed by atoms with van der Waals surface area (Å²) < 4.78 is 11.3. The second kappa shape index (κ2) is 9.34. The second-order valence-corrected chi connectivity index (χ2v) is 7.18. The zero-order valence-electron chi connectivity index (χ0n) is 14.4. The van der Waals surface area contributed by atoms with Gasteiger partial charge in [-0.05, 0) is 24.8 Å². The van der Waals surface area contributed by atoms with Crippen molar-refractivity contribution in [3.8, 4) is 0 Å². The zero-order valence-corrected chi connectivity index (χ0v) is 15.2. The van der Waals surface area contributed by atoms with E-state index in [4.69, 9.17) is 9.47 Å². The van der Waals surface area contributed by atoms with E-state index in [9.17, 15) is 9.90 Å². The van der Waals surface area contributed by atoms with Gasteiger partial charge in [0.2, 0.25) is 0 Å². The van der Waals surface area contributed by atoms with Gasteiger partial charge in [-0.15, -0.1) is 0 Å². The molecule has 4 nitrogen and oxygen atoms in total. The summed E-state index contributed by atoms with van der Waals surface area (Å²) in [4.78, 5) is 11.5. The molecule has 0 saturated carbocycles. The summed E-state index contributed by atoms with van der Waals surface area (Å²) in [6.07, 6.45) is 3.52. The van der Waals surface area contributed by atoms with Crippen LogP contribution in [0, 0.1) is 5.92 Å². The van der Waals surface area contributed by atoms with E-state index < -0.39 is 18.2 Å². The number of aliphatic carboxylic acids is 1. The van der Waals surface area contributed by atoms with Crippen LogP contribution in [-0.2, 0) is 20.7 Å². The molecule has 136 valence electrons. The lowest BCUT2D eigenvalue weighted by atomic mass is 10.0. The Morgan fingerprint density at radius 1 is 1.08 bits per heavy atom. The Kier molecular flexibility index (Phi) is 6.61. The number of benzene rings is 2. The van der Waals surface area contributed by atoms with Crippen LogP contribution in [0.5, 0.6) is 0 Å². The molecule has 1 heterocycles. The predicted octanol–water partition coefficient (Wildman–Crippen LogP) is 4.99. The molecule has 2 aromatic carbocycles. The number of carbonyl (C=O) groups is 1. The van der Waals surface area contributed by atoms with Crippen LogP contribution in [0.1, 0.15) is 30.3 Å². The molecule has 2 atom stereocenters. The molecule has 0 fully saturated rings. The number of ether oxygens (including phenoxy) is 2. The number of rotatable bonds is 9. The highest BCUT2D eigenvalue weighted by Crippen LogP contribution is 2.35. The summed E-state index contributed by atoms with van der Waals surface area (Å²) in [6, 6.07) is 19.8. The lowest BCUT2D eigenvalue weighted by Gasteiger charge is -2.14. The minimum absolute atomic E-state index is 0.399. The molecule has 0 radical (unpaired) electrons. The largest absolute Gasteiger partial charge is 0.481 e. The van der Waals surface area contributed by atoms with Crippen molar-refractivity contribution < 1.29 is 19.4 Å². The third-order valence-corrected chi connectivity index (χ3v) is 5.27. The number of hydrogen-bond donors (Lipinski definition) is 1. The van der Waals surface area contributed by atoms with E-state index in [1.807, 2.05) is 48.5 Å². The summed E-state index contributed by atoms with van der Waals surface area (Å²) in [6.45, 7) is 0. The molecule has 0 spiro atoms. The molecule has 2 unspecified atom stereocenters. The summed E-state index contributed by atoms with van der Waals surface area (Å²) in [5.74, 6) is -0.686. The number of carboxylic acids is 1. The quantitative estimate of drug-likeness (QED) is 0.674. The standard InChI is InChI=1S/C21H22O4S/c22-20(23)18(13-7-10-16-8-3-1-4-9-16)15-26-19-14-24-21(25-19)17-11-5-2-6-12-17/h1-6,8-9,11-12,14,18,21H,7,10,13,15H2,(H,22,23). The van der Waals surface area contributed by atoms with Crippen molar-refractivity contribution in [2.45, 2.75) is 25.6 Å². The van der Waals surface area contributed by atoms with Gasteiger partial charge in [-0.3, -0.25) is 4.79 Å². The van der Waals surface area contributed by atoms with Gasteiger partial charge in [0.15, 0.2) is 5.09 Å². The van der Waals surface area contributed by atoms with Gasteiger partial charge in [0.1, 0.15) is 6.26 Å². The predicted molar refractivity (Wildman–Crippen MR) is 102 cm³/mol. The molecular weight excluding hydrogens is 348 g/mol. The first-order valence-corrected chi connectivity index (χ1v) is 9.67. The first-order chi connectivity index (χ1) is 12.7. The smallest absolute Gasteiger partial charge is 0.307 e. The van der Waals surface area contributed by atoms with E-state index in [1.54, 1.807) is 6.26 Å². The molecule has 5 heteroatoms. The Bertz CT molecular complexity index is 730. The normalized spacial score (nSPS) is 17.1. The maximum atomic E-state index is 11.5. The number of hydrogen-bond acceptors (Lipinski definition) is 4. The fourth-order valence-electron chi connectivity index (χ4n) is 2.76. The number of aryl methyl sites for hydroxylation is 1. The van der Waals surface area contributed by atoms with Crippen molar-refractivity contribution in [1.29, 1.82) is 0 Å². The minimum Gasteiger partial charge on any atom is -0.481 e. The second-order valence-electron chi connectivity index (χ2n) is 6.16. The zero-order chi connectivity index (χ0) is 18.2. The topological polar surface area (TPSA) is 55.8 Å². The summed E-state index contributed by atoms with van der Waals surface area (Å²) in [5, 5.41) is 10.1. The van der Waals surface area contributed by atoms with Crippen LogP contribution >= 0.6 is 11.8 Å². The van der Waals surface area contributed by atoms with E-state index in [1.165, 1.54) is 17.3 Å². The molecule has 2 aromatic rings. The fourth-order valence-corrected chi connectivity index (χ4v) is 3.72. The molecule has 0 aromatic heterocycles. The molecule has 1 aliphatic rings. The van der Waals surface area contributed by atoms with Crippen LogP contribution in [-0.4, -0.2) is 16.8 Å². The van der Waals surface area contributed by atoms with Crippen LogP contribution < -0.4 is 0 Å². The highest BCUT2D eigenvalue weighted by molar-refractivity contribution is 8.02. The van der Waals surface area contributed by atoms with Crippen molar-refractivity contribution in [2.75, 3.05) is 5.75 Å². The monoisotopic (exact) mass is 370 g/mol. The third-order valence-electron chi connectivity index (χ3n) is 4.22. The van der Waals surface area contributed by atoms with E-state index in [0.717, 1.165) is 18.4 Å². The Morgan fingerprint density at radius 2 is 1.77 bits per heavy atom. The van der Waals surface area contributed by atoms with Gasteiger partial charge < -0.3 is 14.6 Å². The van der Waals surface area contributed by atoms with Gasteiger partial charge in [-0.1, -0.05) is 72.4 Å². The van der Waals surface area contributed by atoms with E-state index >= 15 is 0 Å². The average molecular weight is 370 g/mol. The molecule has 0 saturated heterocycles. The van der Waals surface area contributed by atoms with Gasteiger partial charge in [0, 0.05) is 11.3 Å². The van der Waals surface area contributed by atoms with Gasteiger partial charge in [0.25, 0.3) is 6.29 Å². The van der Waals surface area contributed by atoms with Crippen molar-refractivity contribution in [1.82, 2.24) is 0 Å². The minimum atomic E-state index is -0.760. The molecular formula is C21H22O4S. The Morgan fingerprint density at radius 3 is 2.46 bits per heavy atom. The van der Waals surface area contributed by atoms with Gasteiger partial charge >= 0.3 is 5.97 Å². The highest BCUT2D eigenvalue weighted by atomic mass is 32.2. The van der Waals surface area contributed by atoms with Gasteiger partial charge in [-0.25, -0.2) is 0 Å². The summed E-state index contributed by atoms with van der Waals surface area (Å²) >= 11 is 1.40. The third kappa shape index (κ3) is 5.30. The molecule has 0 aliphatic carbocycles. The van der Waals surface area contributed by atoms with Crippen LogP contribution in [0.25, 0.3) is 0 Å². The molecule has 0 amide bonds. The van der Waals surface area contributed by atoms with Gasteiger partial charge in [-0.2, -0.15) is 0 Å². The van der Waals surface area contributed by atoms with E-state index in [0.29, 0.717) is 17.3 Å². The van der Waals surface area contributed by atoms with E-state index in [2.05, 4.69) is 12.1 Å². The lowest BCUT2D eigenvalue weighted by Crippen LogP contribution is -2.16. The van der Waals surface area contributed by atoms with Crippen LogP contribution in [0.15, 0.2) is 72.0 Å². The molecule has 1 N–H and O–H groups in total. The van der Waals surface area contributed by atoms with Crippen molar-refractivity contribution in [2.24, 2.45) is 5.92 Å². The lowest BCUT2D eigenvalue weighted by molar-refractivity contribution is -0.141. The maximum absolute atomic E-state index is 11.5. The molecule has 0 bridgehead atoms. The van der Waals surface area contributed by atoms with Crippen LogP contribution in [0.2, 0.25) is 0 Å². The first kappa shape index (κ1) is 18.4. The van der Waals surface area contributed by atoms with Crippen LogP contribution in [0.3, 0.4) is 0 Å². The fraction of sp³-hybridized carbons (Fsp3) is 0.286. The highest BCUT2D eigenvalue weighted by Gasteiger charge is 2.24. The maximum Gasteiger partial charge on any atom is 0.307 e. The molecule has 3 rings (SSSR count). The number of thioether (sulfide) groups is 1. The van der Waals surface area contributed by atoms with Gasteiger partial charge in [0.05, 0.1) is 5.92 Å².